The number of anilines is 1. The number of hydrogen-bond donors (Lipinski definition) is 2. The number of carboxylic acids is 1. The highest BCUT2D eigenvalue weighted by molar-refractivity contribution is 5.72. The van der Waals surface area contributed by atoms with E-state index >= 15 is 0 Å². The number of rotatable bonds is 8. The zero-order chi connectivity index (χ0) is 24.2. The van der Waals surface area contributed by atoms with Gasteiger partial charge in [-0.3, -0.25) is 0 Å². The largest absolute Gasteiger partial charge is 0.573 e. The van der Waals surface area contributed by atoms with Crippen LogP contribution in [-0.2, 0) is 11.3 Å². The van der Waals surface area contributed by atoms with Gasteiger partial charge < -0.3 is 19.9 Å². The Morgan fingerprint density at radius 2 is 1.73 bits per heavy atom. The van der Waals surface area contributed by atoms with Crippen molar-refractivity contribution in [2.75, 3.05) is 11.9 Å². The molecule has 0 atom stereocenters. The average Bonchev–Trinajstić information content (AvgIpc) is 2.70. The summed E-state index contributed by atoms with van der Waals surface area (Å²) in [5, 5.41) is 11.7. The van der Waals surface area contributed by atoms with E-state index in [-0.39, 0.29) is 11.5 Å². The fraction of sp³-hybridized carbons (Fsp3) is 0.208. The minimum atomic E-state index is -4.76. The molecule has 0 unspecified atom stereocenters. The van der Waals surface area contributed by atoms with Crippen LogP contribution in [0.3, 0.4) is 0 Å². The van der Waals surface area contributed by atoms with Gasteiger partial charge in [0.05, 0.1) is 0 Å². The predicted octanol–water partition coefficient (Wildman–Crippen LogP) is 6.08. The maximum absolute atomic E-state index is 14.1. The molecule has 0 bridgehead atoms. The summed E-state index contributed by atoms with van der Waals surface area (Å²) in [6.07, 6.45) is -4.76. The monoisotopic (exact) mass is 463 g/mol. The Labute approximate surface area is 187 Å². The first-order chi connectivity index (χ1) is 15.5. The molecule has 0 aromatic heterocycles. The highest BCUT2D eigenvalue weighted by atomic mass is 19.4. The Balaban J connectivity index is 1.74. The lowest BCUT2D eigenvalue weighted by Crippen LogP contribution is -2.17. The van der Waals surface area contributed by atoms with Crippen molar-refractivity contribution in [3.05, 3.63) is 77.1 Å². The Bertz CT molecular complexity index is 1140. The zero-order valence-electron chi connectivity index (χ0n) is 17.8. The van der Waals surface area contributed by atoms with Gasteiger partial charge in [0.15, 0.2) is 18.2 Å². The summed E-state index contributed by atoms with van der Waals surface area (Å²) in [5.74, 6) is -2.32. The van der Waals surface area contributed by atoms with Crippen molar-refractivity contribution in [3.63, 3.8) is 0 Å². The molecule has 0 heterocycles. The van der Waals surface area contributed by atoms with Gasteiger partial charge in [-0.2, -0.15) is 0 Å². The zero-order valence-corrected chi connectivity index (χ0v) is 17.8. The quantitative estimate of drug-likeness (QED) is 0.396. The van der Waals surface area contributed by atoms with Crippen LogP contribution in [0.5, 0.6) is 11.5 Å². The second-order valence-electron chi connectivity index (χ2n) is 7.36. The van der Waals surface area contributed by atoms with Crippen molar-refractivity contribution < 1.29 is 36.9 Å². The summed E-state index contributed by atoms with van der Waals surface area (Å²) < 4.78 is 60.6. The molecule has 3 aromatic rings. The minimum Gasteiger partial charge on any atom is -0.479 e. The normalized spacial score (nSPS) is 11.2. The van der Waals surface area contributed by atoms with Gasteiger partial charge in [0.1, 0.15) is 5.75 Å². The number of aliphatic carboxylic acids is 1. The molecule has 33 heavy (non-hydrogen) atoms. The van der Waals surface area contributed by atoms with Crippen LogP contribution in [0.2, 0.25) is 0 Å². The van der Waals surface area contributed by atoms with E-state index in [2.05, 4.69) is 10.1 Å². The number of nitrogens with one attached hydrogen (secondary N) is 1. The Hall–Kier alpha value is -3.75. The molecule has 0 aliphatic rings. The molecule has 0 amide bonds. The number of halogens is 4. The predicted molar refractivity (Wildman–Crippen MR) is 115 cm³/mol. The molecule has 9 heteroatoms. The molecule has 2 N–H and O–H groups in total. The number of alkyl halides is 3. The fourth-order valence-corrected chi connectivity index (χ4v) is 3.48. The molecule has 5 nitrogen and oxygen atoms in total. The second-order valence-corrected chi connectivity index (χ2v) is 7.36. The SMILES string of the molecule is Cc1cc(OC(F)(F)F)cc(C)c1-c1cccc(CNc2ccc(OCC(=O)O)c(F)c2)c1. The van der Waals surface area contributed by atoms with Gasteiger partial charge in [-0.15, -0.1) is 13.2 Å². The van der Waals surface area contributed by atoms with Crippen LogP contribution < -0.4 is 14.8 Å². The maximum atomic E-state index is 14.1. The summed E-state index contributed by atoms with van der Waals surface area (Å²) in [6, 6.07) is 14.2. The second kappa shape index (κ2) is 9.81. The third-order valence-corrected chi connectivity index (χ3v) is 4.74. The summed E-state index contributed by atoms with van der Waals surface area (Å²) >= 11 is 0. The molecule has 0 radical (unpaired) electrons. The first-order valence-electron chi connectivity index (χ1n) is 9.86. The molecular weight excluding hydrogens is 442 g/mol. The Morgan fingerprint density at radius 1 is 1.03 bits per heavy atom. The van der Waals surface area contributed by atoms with Gasteiger partial charge in [-0.1, -0.05) is 18.2 Å². The molecule has 0 aliphatic carbocycles. The van der Waals surface area contributed by atoms with E-state index in [1.165, 1.54) is 24.3 Å². The number of benzene rings is 3. The van der Waals surface area contributed by atoms with E-state index in [1.807, 2.05) is 24.3 Å². The van der Waals surface area contributed by atoms with Crippen LogP contribution in [0.4, 0.5) is 23.2 Å². The van der Waals surface area contributed by atoms with Crippen LogP contribution in [-0.4, -0.2) is 24.0 Å². The number of hydrogen-bond acceptors (Lipinski definition) is 4. The van der Waals surface area contributed by atoms with E-state index in [1.54, 1.807) is 19.9 Å². The summed E-state index contributed by atoms with van der Waals surface area (Å²) in [7, 11) is 0. The number of carboxylic acid groups (broad SMARTS) is 1. The number of aryl methyl sites for hydroxylation is 2. The molecular formula is C24H21F4NO4. The molecule has 0 spiro atoms. The molecule has 0 saturated carbocycles. The smallest absolute Gasteiger partial charge is 0.479 e. The standard InChI is InChI=1S/C24H21F4NO4/c1-14-8-19(33-24(26,27)28)9-15(2)23(14)17-5-3-4-16(10-17)12-29-18-6-7-21(20(25)11-18)32-13-22(30)31/h3-11,29H,12-13H2,1-2H3,(H,30,31). The molecule has 3 aromatic carbocycles. The first kappa shape index (κ1) is 23.9. The van der Waals surface area contributed by atoms with Gasteiger partial charge in [-0.25, -0.2) is 9.18 Å². The maximum Gasteiger partial charge on any atom is 0.573 e. The van der Waals surface area contributed by atoms with E-state index < -0.39 is 24.8 Å². The number of carbonyl (C=O) groups is 1. The van der Waals surface area contributed by atoms with Gasteiger partial charge in [0.25, 0.3) is 0 Å². The summed E-state index contributed by atoms with van der Waals surface area (Å²) in [5.41, 5.74) is 4.25. The first-order valence-corrected chi connectivity index (χ1v) is 9.86. The van der Waals surface area contributed by atoms with Crippen LogP contribution >= 0.6 is 0 Å². The highest BCUT2D eigenvalue weighted by Crippen LogP contribution is 2.33. The van der Waals surface area contributed by atoms with Crippen molar-refractivity contribution in [2.45, 2.75) is 26.8 Å². The van der Waals surface area contributed by atoms with E-state index in [0.29, 0.717) is 23.4 Å². The van der Waals surface area contributed by atoms with Crippen LogP contribution in [0.1, 0.15) is 16.7 Å². The number of ether oxygens (including phenoxy) is 2. The molecule has 0 aliphatic heterocycles. The van der Waals surface area contributed by atoms with Gasteiger partial charge in [0.2, 0.25) is 0 Å². The lowest BCUT2D eigenvalue weighted by atomic mass is 9.94. The third kappa shape index (κ3) is 6.61. The van der Waals surface area contributed by atoms with Gasteiger partial charge >= 0.3 is 12.3 Å². The van der Waals surface area contributed by atoms with Crippen molar-refractivity contribution in [1.82, 2.24) is 0 Å². The van der Waals surface area contributed by atoms with Crippen LogP contribution in [0.25, 0.3) is 11.1 Å². The molecule has 0 fully saturated rings. The van der Waals surface area contributed by atoms with Crippen LogP contribution in [0, 0.1) is 19.7 Å². The van der Waals surface area contributed by atoms with Crippen molar-refractivity contribution >= 4 is 11.7 Å². The topological polar surface area (TPSA) is 67.8 Å². The van der Waals surface area contributed by atoms with Crippen molar-refractivity contribution in [3.8, 4) is 22.6 Å². The van der Waals surface area contributed by atoms with Gasteiger partial charge in [-0.05, 0) is 72.0 Å². The van der Waals surface area contributed by atoms with Gasteiger partial charge in [0, 0.05) is 18.3 Å². The fourth-order valence-electron chi connectivity index (χ4n) is 3.48. The molecule has 174 valence electrons. The van der Waals surface area contributed by atoms with Crippen molar-refractivity contribution in [2.24, 2.45) is 0 Å². The lowest BCUT2D eigenvalue weighted by molar-refractivity contribution is -0.274. The minimum absolute atomic E-state index is 0.158. The summed E-state index contributed by atoms with van der Waals surface area (Å²) in [6.45, 7) is 3.15. The summed E-state index contributed by atoms with van der Waals surface area (Å²) in [4.78, 5) is 10.5. The average molecular weight is 463 g/mol. The van der Waals surface area contributed by atoms with Crippen LogP contribution in [0.15, 0.2) is 54.6 Å². The lowest BCUT2D eigenvalue weighted by Gasteiger charge is -2.16. The van der Waals surface area contributed by atoms with Crippen molar-refractivity contribution in [1.29, 1.82) is 0 Å². The highest BCUT2D eigenvalue weighted by Gasteiger charge is 2.31. The van der Waals surface area contributed by atoms with E-state index in [4.69, 9.17) is 9.84 Å². The Kier molecular flexibility index (Phi) is 7.10. The van der Waals surface area contributed by atoms with E-state index in [0.717, 1.165) is 16.7 Å². The molecule has 3 rings (SSSR count). The van der Waals surface area contributed by atoms with E-state index in [9.17, 15) is 22.4 Å². The third-order valence-electron chi connectivity index (χ3n) is 4.74. The molecule has 0 saturated heterocycles. The Morgan fingerprint density at radius 3 is 2.33 bits per heavy atom.